The van der Waals surface area contributed by atoms with Crippen LogP contribution in [0, 0.1) is 17.3 Å². The van der Waals surface area contributed by atoms with Gasteiger partial charge in [0.2, 0.25) is 35.4 Å². The molecule has 0 aromatic heterocycles. The molecule has 0 unspecified atom stereocenters. The van der Waals surface area contributed by atoms with Crippen LogP contribution in [0.4, 0.5) is 26.7 Å². The Labute approximate surface area is 504 Å². The second kappa shape index (κ2) is 30.8. The van der Waals surface area contributed by atoms with Crippen molar-refractivity contribution in [1.29, 1.82) is 0 Å². The van der Waals surface area contributed by atoms with Gasteiger partial charge in [-0.3, -0.25) is 34.1 Å². The summed E-state index contributed by atoms with van der Waals surface area (Å²) >= 11 is 0. The van der Waals surface area contributed by atoms with Crippen LogP contribution in [0.2, 0.25) is 0 Å². The molecule has 0 saturated carbocycles. The van der Waals surface area contributed by atoms with E-state index in [-0.39, 0.29) is 62.1 Å². The standard InChI is InChI=1S/C65H86N10O11/c1-39(2)51(36-41(5)61(82)83)74(12)60(81)56(64(6,7)8)73-59(80)55(67-11)65(9,10)46-27-31-48(32-28-46)70-63(85)86-38-42-23-29-47(30-24-42)69-57(78)49(21-17-35-68-62(66)84)71-58(79)54(40(3)4)72-52(76)33-34-53(77)75-37-45-20-14-13-18-43(45)25-26-44-19-15-16-22-50(44)75/h13-16,18-20,22-32,36,39-40,49,51,54-56,67H,17,21,33-35,37-38H2,1-12H3,(H,69,78)(H,70,85)(H,71,79)(H,72,76)(H,73,80)(H,82,83)(H3,66,68,84)/b26-25-,41-36+/t49-,51+,54-,55+,56+/m0/s1. The number of nitrogens with zero attached hydrogens (tertiary/aromatic N) is 2. The maximum absolute atomic E-state index is 14.1. The van der Waals surface area contributed by atoms with Gasteiger partial charge in [0.15, 0.2) is 0 Å². The Kier molecular flexibility index (Phi) is 24.3. The number of carbonyl (C=O) groups is 9. The van der Waals surface area contributed by atoms with Crippen LogP contribution in [0.25, 0.3) is 12.2 Å². The highest BCUT2D eigenvalue weighted by atomic mass is 16.5. The number of carboxylic acid groups (broad SMARTS) is 1. The molecule has 21 nitrogen and oxygen atoms in total. The van der Waals surface area contributed by atoms with Crippen LogP contribution in [0.3, 0.4) is 0 Å². The fourth-order valence-corrected chi connectivity index (χ4v) is 10.0. The molecule has 86 heavy (non-hydrogen) atoms. The lowest BCUT2D eigenvalue weighted by molar-refractivity contribution is -0.141. The van der Waals surface area contributed by atoms with E-state index in [1.54, 1.807) is 87.4 Å². The average molecular weight is 1180 g/mol. The molecule has 0 radical (unpaired) electrons. The Bertz CT molecular complexity index is 3130. The lowest BCUT2D eigenvalue weighted by atomic mass is 9.76. The minimum atomic E-state index is -1.11. The quantitative estimate of drug-likeness (QED) is 0.0214. The number of fused-ring (bicyclic) bond motifs is 2. The van der Waals surface area contributed by atoms with Gasteiger partial charge in [-0.15, -0.1) is 0 Å². The number of benzene rings is 4. The molecule has 21 heteroatoms. The molecule has 0 bridgehead atoms. The van der Waals surface area contributed by atoms with Crippen LogP contribution in [0.15, 0.2) is 109 Å². The molecule has 9 amide bonds. The van der Waals surface area contributed by atoms with Crippen molar-refractivity contribution < 1.29 is 53.0 Å². The third kappa shape index (κ3) is 19.1. The minimum absolute atomic E-state index is 0.0908. The van der Waals surface area contributed by atoms with Crippen molar-refractivity contribution in [1.82, 2.24) is 31.5 Å². The van der Waals surface area contributed by atoms with E-state index in [1.807, 2.05) is 109 Å². The molecule has 0 spiro atoms. The van der Waals surface area contributed by atoms with E-state index < -0.39 is 88.7 Å². The molecular formula is C65H86N10O11. The van der Waals surface area contributed by atoms with Crippen molar-refractivity contribution in [2.24, 2.45) is 23.0 Å². The van der Waals surface area contributed by atoms with Gasteiger partial charge in [0.25, 0.3) is 0 Å². The molecule has 4 aromatic carbocycles. The molecule has 0 saturated heterocycles. The fourth-order valence-electron chi connectivity index (χ4n) is 10.0. The zero-order valence-corrected chi connectivity index (χ0v) is 51.5. The Morgan fingerprint density at radius 2 is 1.33 bits per heavy atom. The Balaban J connectivity index is 1.16. The first kappa shape index (κ1) is 67.9. The van der Waals surface area contributed by atoms with E-state index in [1.165, 1.54) is 11.8 Å². The van der Waals surface area contributed by atoms with Gasteiger partial charge >= 0.3 is 18.1 Å². The van der Waals surface area contributed by atoms with Gasteiger partial charge in [0, 0.05) is 48.8 Å². The normalized spacial score (nSPS) is 14.5. The highest BCUT2D eigenvalue weighted by Crippen LogP contribution is 2.32. The number of primary amides is 1. The highest BCUT2D eigenvalue weighted by Gasteiger charge is 2.42. The average Bonchev–Trinajstić information content (AvgIpc) is 1.31. The van der Waals surface area contributed by atoms with Gasteiger partial charge in [-0.2, -0.15) is 0 Å². The van der Waals surface area contributed by atoms with E-state index in [0.717, 1.165) is 22.3 Å². The predicted molar refractivity (Wildman–Crippen MR) is 333 cm³/mol. The first-order valence-electron chi connectivity index (χ1n) is 28.9. The first-order valence-corrected chi connectivity index (χ1v) is 28.9. The van der Waals surface area contributed by atoms with Crippen molar-refractivity contribution in [3.05, 3.63) is 137 Å². The summed E-state index contributed by atoms with van der Waals surface area (Å²) in [6.07, 6.45) is 4.81. The third-order valence-electron chi connectivity index (χ3n) is 15.2. The second-order valence-corrected chi connectivity index (χ2v) is 23.9. The summed E-state index contributed by atoms with van der Waals surface area (Å²) in [5, 5.41) is 29.2. The zero-order valence-electron chi connectivity index (χ0n) is 51.5. The number of nitrogens with one attached hydrogen (secondary N) is 7. The van der Waals surface area contributed by atoms with Crippen molar-refractivity contribution in [2.75, 3.05) is 36.2 Å². The highest BCUT2D eigenvalue weighted by molar-refractivity contribution is 6.00. The van der Waals surface area contributed by atoms with Crippen LogP contribution >= 0.6 is 0 Å². The molecule has 5 rings (SSSR count). The smallest absolute Gasteiger partial charge is 0.411 e. The second-order valence-electron chi connectivity index (χ2n) is 23.9. The van der Waals surface area contributed by atoms with E-state index in [4.69, 9.17) is 10.5 Å². The number of carboxylic acids is 1. The summed E-state index contributed by atoms with van der Waals surface area (Å²) in [5.41, 5.74) is 9.44. The molecule has 10 N–H and O–H groups in total. The molecule has 4 aromatic rings. The molecule has 5 atom stereocenters. The van der Waals surface area contributed by atoms with Crippen LogP contribution in [0.1, 0.15) is 123 Å². The van der Waals surface area contributed by atoms with Gasteiger partial charge < -0.3 is 57.3 Å². The maximum atomic E-state index is 14.1. The lowest BCUT2D eigenvalue weighted by Crippen LogP contribution is -2.61. The van der Waals surface area contributed by atoms with Crippen LogP contribution in [-0.2, 0) is 56.9 Å². The number of likely N-dealkylation sites (N-methyl/N-ethyl adjacent to an activating group) is 2. The van der Waals surface area contributed by atoms with Gasteiger partial charge in [0.1, 0.15) is 24.7 Å². The number of hydrogen-bond donors (Lipinski definition) is 9. The summed E-state index contributed by atoms with van der Waals surface area (Å²) in [7, 11) is 3.26. The molecule has 1 aliphatic heterocycles. The maximum Gasteiger partial charge on any atom is 0.411 e. The van der Waals surface area contributed by atoms with Crippen LogP contribution in [-0.4, -0.2) is 114 Å². The number of para-hydroxylation sites is 1. The van der Waals surface area contributed by atoms with Crippen LogP contribution in [0.5, 0.6) is 0 Å². The monoisotopic (exact) mass is 1180 g/mol. The molecule has 1 heterocycles. The number of carbonyl (C=O) groups excluding carboxylic acids is 8. The minimum Gasteiger partial charge on any atom is -0.478 e. The van der Waals surface area contributed by atoms with Gasteiger partial charge in [-0.25, -0.2) is 14.4 Å². The van der Waals surface area contributed by atoms with E-state index in [9.17, 15) is 48.3 Å². The van der Waals surface area contributed by atoms with E-state index >= 15 is 0 Å². The fraction of sp³-hybridized carbons (Fsp3) is 0.431. The van der Waals surface area contributed by atoms with E-state index in [0.29, 0.717) is 29.2 Å². The zero-order chi connectivity index (χ0) is 63.6. The Morgan fingerprint density at radius 1 is 0.721 bits per heavy atom. The summed E-state index contributed by atoms with van der Waals surface area (Å²) in [4.78, 5) is 123. The number of amides is 9. The summed E-state index contributed by atoms with van der Waals surface area (Å²) in [6, 6.07) is 23.5. The summed E-state index contributed by atoms with van der Waals surface area (Å²) in [6.45, 7) is 18.4. The van der Waals surface area contributed by atoms with Gasteiger partial charge in [0.05, 0.1) is 24.3 Å². The molecular weight excluding hydrogens is 1100 g/mol. The number of rotatable bonds is 26. The molecule has 462 valence electrons. The first-order chi connectivity index (χ1) is 40.5. The number of aliphatic carboxylic acids is 1. The largest absolute Gasteiger partial charge is 0.478 e. The summed E-state index contributed by atoms with van der Waals surface area (Å²) < 4.78 is 5.51. The van der Waals surface area contributed by atoms with Crippen molar-refractivity contribution in [3.8, 4) is 0 Å². The van der Waals surface area contributed by atoms with Gasteiger partial charge in [-0.05, 0) is 102 Å². The number of hydrogen-bond acceptors (Lipinski definition) is 11. The summed E-state index contributed by atoms with van der Waals surface area (Å²) in [5.74, 6) is -4.38. The molecule has 1 aliphatic rings. The number of ether oxygens (including phenoxy) is 1. The number of anilines is 3. The van der Waals surface area contributed by atoms with Crippen LogP contribution < -0.4 is 47.9 Å². The topological polar surface area (TPSA) is 300 Å². The lowest BCUT2D eigenvalue weighted by Gasteiger charge is -2.40. The number of nitrogens with two attached hydrogens (primary N) is 1. The molecule has 0 fully saturated rings. The van der Waals surface area contributed by atoms with Crippen molar-refractivity contribution >= 4 is 82.8 Å². The Morgan fingerprint density at radius 3 is 1.93 bits per heavy atom. The van der Waals surface area contributed by atoms with Crippen molar-refractivity contribution in [3.63, 3.8) is 0 Å². The predicted octanol–water partition coefficient (Wildman–Crippen LogP) is 7.86. The Hall–Kier alpha value is -8.85. The third-order valence-corrected chi connectivity index (χ3v) is 15.2. The number of urea groups is 1. The molecule has 0 aliphatic carbocycles. The SMILES string of the molecule is CN[C@H](C(=O)N[C@H](C(=O)N(C)[C@H](/C=C(\C)C(=O)O)C(C)C)C(C)(C)C)C(C)(C)c1ccc(NC(=O)OCc2ccc(NC(=O)[C@H](CCCNC(N)=O)NC(=O)[C@@H](NC(=O)CCC(=O)N3Cc4ccccc4/C=C\c4ccccc43)C(C)C)cc2)cc1. The van der Waals surface area contributed by atoms with Crippen molar-refractivity contribution in [2.45, 2.75) is 144 Å². The van der Waals surface area contributed by atoms with E-state index in [2.05, 4.69) is 37.2 Å². The van der Waals surface area contributed by atoms with Gasteiger partial charge in [-0.1, -0.05) is 147 Å².